The summed E-state index contributed by atoms with van der Waals surface area (Å²) in [6, 6.07) is 0. The first-order valence-corrected chi connectivity index (χ1v) is 2.67. The van der Waals surface area contributed by atoms with E-state index in [1.54, 1.807) is 0 Å². The molecule has 9 heavy (non-hydrogen) atoms. The Morgan fingerprint density at radius 2 is 1.11 bits per heavy atom. The fraction of sp³-hybridized carbons (Fsp3) is 0. The summed E-state index contributed by atoms with van der Waals surface area (Å²) in [6.07, 6.45) is 0. The average Bonchev–Trinajstić information content (AvgIpc) is 0.722. The molecule has 0 aliphatic rings. The molecule has 0 saturated carbocycles. The van der Waals surface area contributed by atoms with Crippen LogP contribution >= 0.6 is 0 Å². The van der Waals surface area contributed by atoms with Gasteiger partial charge in [-0.25, -0.2) is 0 Å². The molecule has 0 aromatic heterocycles. The standard InChI is InChI=1S/Cr.FH.2Li.Mn.2H2O.2O.2H/h;1H;;;;2*1H2;;;;/q;;2*+1;+2;;;;;2*-1/p-2. The maximum absolute atomic E-state index is 8.80. The van der Waals surface area contributed by atoms with Crippen molar-refractivity contribution >= 4 is 0 Å². The molecule has 0 aromatic rings. The molecule has 0 aliphatic carbocycles. The Bertz CT molecular complexity index is 109. The Hall–Kier alpha value is 1.70. The fourth-order valence-electron chi connectivity index (χ4n) is 0. The van der Waals surface area contributed by atoms with Crippen molar-refractivity contribution < 1.29 is 92.1 Å². The van der Waals surface area contributed by atoms with Crippen LogP contribution in [0.4, 0.5) is 4.70 Å². The minimum atomic E-state index is -5.12. The van der Waals surface area contributed by atoms with Gasteiger partial charge < -0.3 is 2.85 Å². The molecule has 0 amide bonds. The Kier molecular flexibility index (Phi) is 42.6. The predicted molar refractivity (Wildman–Crippen MR) is 10.5 cm³/mol. The van der Waals surface area contributed by atoms with E-state index in [0.29, 0.717) is 0 Å². The van der Waals surface area contributed by atoms with Crippen LogP contribution in [-0.4, -0.2) is 8.38 Å². The summed E-state index contributed by atoms with van der Waals surface area (Å²) >= 11 is -5.12. The predicted octanol–water partition coefficient (Wildman–Crippen LogP) is -6.97. The summed E-state index contributed by atoms with van der Waals surface area (Å²) in [5.41, 5.74) is 0. The molecule has 0 rings (SSSR count). The van der Waals surface area contributed by atoms with Crippen molar-refractivity contribution in [1.29, 1.82) is 0 Å². The summed E-state index contributed by atoms with van der Waals surface area (Å²) < 4.78 is 31.8. The number of rotatable bonds is 0. The van der Waals surface area contributed by atoms with Crippen LogP contribution in [0.2, 0.25) is 0 Å². The number of halogens is 1. The first kappa shape index (κ1) is 31.0. The number of hydrogen-bond acceptors (Lipinski definition) is 2. The first-order chi connectivity index (χ1) is 2.00. The third-order valence-corrected chi connectivity index (χ3v) is 0. The molecule has 0 heterocycles. The van der Waals surface area contributed by atoms with Crippen LogP contribution in [0.15, 0.2) is 0 Å². The molecule has 51 valence electrons. The molecule has 0 saturated heterocycles. The van der Waals surface area contributed by atoms with Gasteiger partial charge in [-0.15, -0.1) is 0 Å². The van der Waals surface area contributed by atoms with Crippen molar-refractivity contribution in [2.75, 3.05) is 0 Å². The molecule has 9 heteroatoms. The van der Waals surface area contributed by atoms with Crippen molar-refractivity contribution in [3.05, 3.63) is 0 Å². The van der Waals surface area contributed by atoms with Gasteiger partial charge >= 0.3 is 67.1 Å². The molecular formula is H5CrFLi2MnO4. The summed E-state index contributed by atoms with van der Waals surface area (Å²) in [5, 5.41) is 0. The van der Waals surface area contributed by atoms with Gasteiger partial charge in [0.2, 0.25) is 0 Å². The van der Waals surface area contributed by atoms with Crippen LogP contribution in [-0.2, 0) is 38.4 Å². The summed E-state index contributed by atoms with van der Waals surface area (Å²) in [5.74, 6) is 0. The SMILES string of the molecule is F.[Cr].[H-].[H-].[Li+].[Li+].[O]=[Mn](=[O])([OH])[OH]. The second-order valence-corrected chi connectivity index (χ2v) is 1.71. The van der Waals surface area contributed by atoms with E-state index in [1.165, 1.54) is 0 Å². The van der Waals surface area contributed by atoms with Crippen molar-refractivity contribution in [3.8, 4) is 0 Å². The van der Waals surface area contributed by atoms with E-state index in [-0.39, 0.29) is 62.6 Å². The molecular weight excluding hydrogens is 204 g/mol. The zero-order valence-electron chi connectivity index (χ0n) is 6.91. The fourth-order valence-corrected chi connectivity index (χ4v) is 0. The molecule has 0 radical (unpaired) electrons. The van der Waals surface area contributed by atoms with Gasteiger partial charge in [0.15, 0.2) is 0 Å². The van der Waals surface area contributed by atoms with Crippen molar-refractivity contribution in [2.24, 2.45) is 0 Å². The molecule has 0 fully saturated rings. The van der Waals surface area contributed by atoms with E-state index in [9.17, 15) is 0 Å². The van der Waals surface area contributed by atoms with Crippen molar-refractivity contribution in [3.63, 3.8) is 0 Å². The average molecular weight is 209 g/mol. The van der Waals surface area contributed by atoms with E-state index in [1.807, 2.05) is 0 Å². The van der Waals surface area contributed by atoms with Gasteiger partial charge in [0, 0.05) is 17.4 Å². The van der Waals surface area contributed by atoms with E-state index >= 15 is 0 Å². The second-order valence-electron chi connectivity index (χ2n) is 0.415. The number of hydrogen-bond donors (Lipinski definition) is 2. The minimum absolute atomic E-state index is 0. The van der Waals surface area contributed by atoms with Gasteiger partial charge in [-0.2, -0.15) is 0 Å². The first-order valence-electron chi connectivity index (χ1n) is 0.647. The molecule has 0 atom stereocenters. The molecule has 2 N–H and O–H groups in total. The van der Waals surface area contributed by atoms with Crippen LogP contribution in [0.3, 0.4) is 0 Å². The second kappa shape index (κ2) is 12.4. The van der Waals surface area contributed by atoms with E-state index in [2.05, 4.69) is 0 Å². The van der Waals surface area contributed by atoms with Gasteiger partial charge in [-0.1, -0.05) is 0 Å². The monoisotopic (exact) mass is 209 g/mol. The normalized spacial score (nSPS) is 6.44. The zero-order valence-corrected chi connectivity index (χ0v) is 7.36. The summed E-state index contributed by atoms with van der Waals surface area (Å²) in [6.45, 7) is 0. The Morgan fingerprint density at radius 3 is 1.11 bits per heavy atom. The molecule has 4 nitrogen and oxygen atoms in total. The van der Waals surface area contributed by atoms with E-state index < -0.39 is 13.4 Å². The van der Waals surface area contributed by atoms with Gasteiger partial charge in [0.1, 0.15) is 0 Å². The molecule has 0 aliphatic heterocycles. The summed E-state index contributed by atoms with van der Waals surface area (Å²) in [4.78, 5) is 0. The van der Waals surface area contributed by atoms with Crippen molar-refractivity contribution in [1.82, 2.24) is 0 Å². The van der Waals surface area contributed by atoms with Crippen LogP contribution in [0.1, 0.15) is 2.85 Å². The summed E-state index contributed by atoms with van der Waals surface area (Å²) in [7, 11) is 0. The van der Waals surface area contributed by atoms with Crippen LogP contribution in [0.5, 0.6) is 0 Å². The van der Waals surface area contributed by atoms with Gasteiger partial charge in [0.25, 0.3) is 0 Å². The third-order valence-electron chi connectivity index (χ3n) is 0. The zero-order chi connectivity index (χ0) is 4.50. The molecule has 0 aromatic carbocycles. The molecule has 0 bridgehead atoms. The Labute approximate surface area is 91.5 Å². The third kappa shape index (κ3) is 200. The quantitative estimate of drug-likeness (QED) is 0.388. The Morgan fingerprint density at radius 1 is 1.11 bits per heavy atom. The van der Waals surface area contributed by atoms with Gasteiger partial charge in [0.05, 0.1) is 0 Å². The maximum atomic E-state index is 8.80. The van der Waals surface area contributed by atoms with E-state index in [4.69, 9.17) is 16.0 Å². The Balaban J connectivity index is -0.00000000533. The van der Waals surface area contributed by atoms with Gasteiger partial charge in [-0.3, -0.25) is 4.70 Å². The molecule has 0 spiro atoms. The van der Waals surface area contributed by atoms with Crippen molar-refractivity contribution in [2.45, 2.75) is 0 Å². The van der Waals surface area contributed by atoms with Crippen LogP contribution < -0.4 is 37.7 Å². The van der Waals surface area contributed by atoms with E-state index in [0.717, 1.165) is 0 Å². The molecule has 0 unspecified atom stereocenters. The van der Waals surface area contributed by atoms with Gasteiger partial charge in [-0.05, 0) is 0 Å². The van der Waals surface area contributed by atoms with Crippen LogP contribution in [0.25, 0.3) is 0 Å². The topological polar surface area (TPSA) is 74.6 Å². The van der Waals surface area contributed by atoms with Crippen LogP contribution in [0, 0.1) is 0 Å².